The molecule has 0 fully saturated rings. The van der Waals surface area contributed by atoms with E-state index in [1.165, 1.54) is 0 Å². The van der Waals surface area contributed by atoms with E-state index in [4.69, 9.17) is 15.3 Å². The van der Waals surface area contributed by atoms with E-state index >= 15 is 0 Å². The highest BCUT2D eigenvalue weighted by Crippen LogP contribution is 2.28. The molecule has 4 nitrogen and oxygen atoms in total. The first-order chi connectivity index (χ1) is 7.63. The predicted octanol–water partition coefficient (Wildman–Crippen LogP) is 1.87. The summed E-state index contributed by atoms with van der Waals surface area (Å²) in [5.74, 6) is -0.821. The number of furan rings is 1. The third-order valence-corrected chi connectivity index (χ3v) is 2.63. The predicted molar refractivity (Wildman–Crippen MR) is 60.4 cm³/mol. The van der Waals surface area contributed by atoms with E-state index in [0.29, 0.717) is 11.1 Å². The lowest BCUT2D eigenvalue weighted by Crippen LogP contribution is -2.21. The van der Waals surface area contributed by atoms with E-state index in [1.807, 2.05) is 19.1 Å². The first kappa shape index (κ1) is 10.7. The Kier molecular flexibility index (Phi) is 2.66. The van der Waals surface area contributed by atoms with Crippen molar-refractivity contribution < 1.29 is 14.3 Å². The Labute approximate surface area is 92.7 Å². The fraction of sp³-hybridized carbons (Fsp3) is 0.250. The molecule has 0 saturated heterocycles. The SMILES string of the molecule is Cc1cc2c(C(CN)C(=O)O)cccc2o1. The summed E-state index contributed by atoms with van der Waals surface area (Å²) < 4.78 is 5.45. The summed E-state index contributed by atoms with van der Waals surface area (Å²) in [5, 5.41) is 9.91. The van der Waals surface area contributed by atoms with Gasteiger partial charge in [-0.3, -0.25) is 4.79 Å². The van der Waals surface area contributed by atoms with Gasteiger partial charge < -0.3 is 15.3 Å². The van der Waals surface area contributed by atoms with E-state index in [-0.39, 0.29) is 6.54 Å². The highest BCUT2D eigenvalue weighted by Gasteiger charge is 2.21. The monoisotopic (exact) mass is 219 g/mol. The Morgan fingerprint density at radius 3 is 2.94 bits per heavy atom. The number of carboxylic acids is 1. The third kappa shape index (κ3) is 1.67. The van der Waals surface area contributed by atoms with Gasteiger partial charge in [0.05, 0.1) is 5.92 Å². The molecule has 2 aromatic rings. The standard InChI is InChI=1S/C12H13NO3/c1-7-5-9-8(10(6-13)12(14)15)3-2-4-11(9)16-7/h2-5,10H,6,13H2,1H3,(H,14,15). The Hall–Kier alpha value is -1.81. The second kappa shape index (κ2) is 3.98. The van der Waals surface area contributed by atoms with Gasteiger partial charge in [0.1, 0.15) is 11.3 Å². The van der Waals surface area contributed by atoms with Gasteiger partial charge in [0, 0.05) is 11.9 Å². The molecule has 1 atom stereocenters. The number of carboxylic acid groups (broad SMARTS) is 1. The quantitative estimate of drug-likeness (QED) is 0.826. The summed E-state index contributed by atoms with van der Waals surface area (Å²) in [6.45, 7) is 1.92. The van der Waals surface area contributed by atoms with Crippen LogP contribution < -0.4 is 5.73 Å². The van der Waals surface area contributed by atoms with Crippen molar-refractivity contribution in [1.29, 1.82) is 0 Å². The Balaban J connectivity index is 2.62. The van der Waals surface area contributed by atoms with Gasteiger partial charge in [0.25, 0.3) is 0 Å². The summed E-state index contributed by atoms with van der Waals surface area (Å²) in [6, 6.07) is 7.23. The van der Waals surface area contributed by atoms with Crippen LogP contribution in [0, 0.1) is 6.92 Å². The molecule has 0 spiro atoms. The molecule has 0 aliphatic heterocycles. The lowest BCUT2D eigenvalue weighted by molar-refractivity contribution is -0.138. The number of rotatable bonds is 3. The van der Waals surface area contributed by atoms with E-state index in [0.717, 1.165) is 11.1 Å². The normalized spacial score (nSPS) is 12.9. The maximum Gasteiger partial charge on any atom is 0.312 e. The molecule has 2 rings (SSSR count). The van der Waals surface area contributed by atoms with E-state index in [2.05, 4.69) is 0 Å². The van der Waals surface area contributed by atoms with Crippen LogP contribution in [0.2, 0.25) is 0 Å². The number of carbonyl (C=O) groups is 1. The highest BCUT2D eigenvalue weighted by molar-refractivity contribution is 5.88. The smallest absolute Gasteiger partial charge is 0.312 e. The molecular formula is C12H13NO3. The number of fused-ring (bicyclic) bond motifs is 1. The average Bonchev–Trinajstić information content (AvgIpc) is 2.59. The zero-order valence-corrected chi connectivity index (χ0v) is 8.93. The van der Waals surface area contributed by atoms with E-state index in [9.17, 15) is 4.79 Å². The first-order valence-corrected chi connectivity index (χ1v) is 5.05. The molecule has 3 N–H and O–H groups in total. The Morgan fingerprint density at radius 1 is 1.56 bits per heavy atom. The summed E-state index contributed by atoms with van der Waals surface area (Å²) in [6.07, 6.45) is 0. The summed E-state index contributed by atoms with van der Waals surface area (Å²) in [5.41, 5.74) is 6.91. The number of nitrogens with two attached hydrogens (primary N) is 1. The van der Waals surface area contributed by atoms with E-state index in [1.54, 1.807) is 12.1 Å². The zero-order valence-electron chi connectivity index (χ0n) is 8.93. The van der Waals surface area contributed by atoms with Crippen molar-refractivity contribution in [2.45, 2.75) is 12.8 Å². The van der Waals surface area contributed by atoms with E-state index < -0.39 is 11.9 Å². The first-order valence-electron chi connectivity index (χ1n) is 5.05. The van der Waals surface area contributed by atoms with Gasteiger partial charge in [-0.2, -0.15) is 0 Å². The largest absolute Gasteiger partial charge is 0.481 e. The van der Waals surface area contributed by atoms with Crippen molar-refractivity contribution in [3.8, 4) is 0 Å². The van der Waals surface area contributed by atoms with Crippen LogP contribution in [-0.4, -0.2) is 17.6 Å². The molecule has 0 amide bonds. The number of hydrogen-bond acceptors (Lipinski definition) is 3. The zero-order chi connectivity index (χ0) is 11.7. The second-order valence-electron chi connectivity index (χ2n) is 3.74. The van der Waals surface area contributed by atoms with Gasteiger partial charge in [0.15, 0.2) is 0 Å². The molecule has 1 heterocycles. The van der Waals surface area contributed by atoms with Crippen LogP contribution in [0.4, 0.5) is 0 Å². The molecule has 1 aromatic carbocycles. The minimum absolute atomic E-state index is 0.0820. The summed E-state index contributed by atoms with van der Waals surface area (Å²) >= 11 is 0. The molecular weight excluding hydrogens is 206 g/mol. The molecule has 4 heteroatoms. The van der Waals surface area contributed by atoms with Crippen LogP contribution in [0.15, 0.2) is 28.7 Å². The van der Waals surface area contributed by atoms with Gasteiger partial charge in [0.2, 0.25) is 0 Å². The van der Waals surface area contributed by atoms with Gasteiger partial charge in [-0.1, -0.05) is 12.1 Å². The minimum atomic E-state index is -0.908. The molecule has 16 heavy (non-hydrogen) atoms. The lowest BCUT2D eigenvalue weighted by atomic mass is 9.96. The van der Waals surface area contributed by atoms with Crippen LogP contribution in [0.5, 0.6) is 0 Å². The average molecular weight is 219 g/mol. The number of aliphatic carboxylic acids is 1. The molecule has 1 aromatic heterocycles. The molecule has 0 bridgehead atoms. The number of hydrogen-bond donors (Lipinski definition) is 2. The van der Waals surface area contributed by atoms with Crippen LogP contribution in [0.3, 0.4) is 0 Å². The Bertz CT molecular complexity index is 530. The molecule has 1 unspecified atom stereocenters. The molecule has 0 saturated carbocycles. The number of aryl methyl sites for hydroxylation is 1. The maximum atomic E-state index is 11.1. The van der Waals surface area contributed by atoms with Crippen molar-refractivity contribution >= 4 is 16.9 Å². The molecule has 0 radical (unpaired) electrons. The second-order valence-corrected chi connectivity index (χ2v) is 3.74. The van der Waals surface area contributed by atoms with Crippen LogP contribution in [0.25, 0.3) is 11.0 Å². The van der Waals surface area contributed by atoms with Crippen LogP contribution >= 0.6 is 0 Å². The van der Waals surface area contributed by atoms with Crippen LogP contribution in [0.1, 0.15) is 17.2 Å². The number of benzene rings is 1. The van der Waals surface area contributed by atoms with Crippen molar-refractivity contribution in [2.24, 2.45) is 5.73 Å². The van der Waals surface area contributed by atoms with Crippen molar-refractivity contribution in [3.63, 3.8) is 0 Å². The van der Waals surface area contributed by atoms with Gasteiger partial charge in [-0.15, -0.1) is 0 Å². The molecule has 0 aliphatic rings. The van der Waals surface area contributed by atoms with Crippen molar-refractivity contribution in [2.75, 3.05) is 6.54 Å². The fourth-order valence-corrected chi connectivity index (χ4v) is 1.88. The topological polar surface area (TPSA) is 76.5 Å². The molecule has 0 aliphatic carbocycles. The van der Waals surface area contributed by atoms with Gasteiger partial charge in [-0.25, -0.2) is 0 Å². The van der Waals surface area contributed by atoms with Crippen molar-refractivity contribution in [3.05, 3.63) is 35.6 Å². The summed E-state index contributed by atoms with van der Waals surface area (Å²) in [7, 11) is 0. The van der Waals surface area contributed by atoms with Crippen LogP contribution in [-0.2, 0) is 4.79 Å². The maximum absolute atomic E-state index is 11.1. The highest BCUT2D eigenvalue weighted by atomic mass is 16.4. The Morgan fingerprint density at radius 2 is 2.31 bits per heavy atom. The molecule has 84 valence electrons. The van der Waals surface area contributed by atoms with Crippen molar-refractivity contribution in [1.82, 2.24) is 0 Å². The van der Waals surface area contributed by atoms with Gasteiger partial charge >= 0.3 is 5.97 Å². The van der Waals surface area contributed by atoms with Gasteiger partial charge in [-0.05, 0) is 24.6 Å². The third-order valence-electron chi connectivity index (χ3n) is 2.63. The summed E-state index contributed by atoms with van der Waals surface area (Å²) in [4.78, 5) is 11.1. The fourth-order valence-electron chi connectivity index (χ4n) is 1.88. The minimum Gasteiger partial charge on any atom is -0.481 e. The lowest BCUT2D eigenvalue weighted by Gasteiger charge is -2.10.